The van der Waals surface area contributed by atoms with Gasteiger partial charge in [-0.25, -0.2) is 0 Å². The lowest BCUT2D eigenvalue weighted by Gasteiger charge is -2.32. The number of methoxy groups -OCH3 is 1. The van der Waals surface area contributed by atoms with Crippen LogP contribution in [0.2, 0.25) is 5.02 Å². The Balaban J connectivity index is 1.30. The summed E-state index contributed by atoms with van der Waals surface area (Å²) in [5, 5.41) is 8.08. The molecular formula is C22H29ClN4O2. The second kappa shape index (κ2) is 8.00. The van der Waals surface area contributed by atoms with E-state index in [1.54, 1.807) is 19.2 Å². The molecule has 1 aliphatic heterocycles. The van der Waals surface area contributed by atoms with Crippen molar-refractivity contribution >= 4 is 23.2 Å². The number of halogens is 1. The largest absolute Gasteiger partial charge is 0.495 e. The summed E-state index contributed by atoms with van der Waals surface area (Å²) in [7, 11) is 1.58. The maximum absolute atomic E-state index is 12.8. The summed E-state index contributed by atoms with van der Waals surface area (Å²) >= 11 is 6.17. The predicted octanol–water partition coefficient (Wildman–Crippen LogP) is 4.11. The molecule has 1 spiro atoms. The number of hydrogen-bond donors (Lipinski definition) is 1. The molecule has 6 nitrogen and oxygen atoms in total. The summed E-state index contributed by atoms with van der Waals surface area (Å²) in [5.41, 5.74) is 3.33. The van der Waals surface area contributed by atoms with E-state index in [2.05, 4.69) is 35.4 Å². The molecular weight excluding hydrogens is 388 g/mol. The molecule has 1 N–H and O–H groups in total. The number of nitrogens with zero attached hydrogens (tertiary/aromatic N) is 3. The van der Waals surface area contributed by atoms with E-state index in [9.17, 15) is 4.79 Å². The van der Waals surface area contributed by atoms with Gasteiger partial charge in [-0.1, -0.05) is 11.6 Å². The van der Waals surface area contributed by atoms with E-state index in [4.69, 9.17) is 16.3 Å². The smallest absolute Gasteiger partial charge is 0.228 e. The van der Waals surface area contributed by atoms with Gasteiger partial charge < -0.3 is 10.1 Å². The van der Waals surface area contributed by atoms with Crippen LogP contribution in [0.15, 0.2) is 24.4 Å². The molecule has 2 aromatic rings. The molecule has 1 aromatic heterocycles. The number of rotatable bonds is 6. The zero-order valence-electron chi connectivity index (χ0n) is 17.4. The highest BCUT2D eigenvalue weighted by Crippen LogP contribution is 2.59. The van der Waals surface area contributed by atoms with E-state index < -0.39 is 0 Å². The summed E-state index contributed by atoms with van der Waals surface area (Å²) in [5.74, 6) is 0.828. The zero-order chi connectivity index (χ0) is 20.6. The highest BCUT2D eigenvalue weighted by molar-refractivity contribution is 6.32. The second-order valence-corrected chi connectivity index (χ2v) is 8.74. The normalized spacial score (nSPS) is 20.6. The average molecular weight is 417 g/mol. The third-order valence-electron chi connectivity index (χ3n) is 6.54. The van der Waals surface area contributed by atoms with Gasteiger partial charge in [0.05, 0.1) is 17.8 Å². The molecule has 29 heavy (non-hydrogen) atoms. The third kappa shape index (κ3) is 4.14. The molecule has 0 bridgehead atoms. The number of benzene rings is 1. The topological polar surface area (TPSA) is 59.4 Å². The number of amides is 1. The summed E-state index contributed by atoms with van der Waals surface area (Å²) in [6.45, 7) is 8.12. The number of aryl methyl sites for hydroxylation is 2. The summed E-state index contributed by atoms with van der Waals surface area (Å²) in [6.07, 6.45) is 5.31. The molecule has 2 fully saturated rings. The van der Waals surface area contributed by atoms with Crippen LogP contribution in [-0.4, -0.2) is 40.8 Å². The Labute approximate surface area is 177 Å². The van der Waals surface area contributed by atoms with Gasteiger partial charge in [0.15, 0.2) is 0 Å². The Kier molecular flexibility index (Phi) is 5.58. The minimum absolute atomic E-state index is 0.107. The van der Waals surface area contributed by atoms with Crippen molar-refractivity contribution in [2.24, 2.45) is 11.3 Å². The molecule has 1 amide bonds. The van der Waals surface area contributed by atoms with Crippen molar-refractivity contribution in [3.05, 3.63) is 40.7 Å². The molecule has 1 saturated heterocycles. The Morgan fingerprint density at radius 3 is 2.76 bits per heavy atom. The van der Waals surface area contributed by atoms with Crippen LogP contribution >= 0.6 is 11.6 Å². The maximum atomic E-state index is 12.8. The van der Waals surface area contributed by atoms with E-state index in [-0.39, 0.29) is 17.2 Å². The number of nitrogens with one attached hydrogen (secondary N) is 1. The predicted molar refractivity (Wildman–Crippen MR) is 114 cm³/mol. The Morgan fingerprint density at radius 2 is 2.14 bits per heavy atom. The van der Waals surface area contributed by atoms with Crippen molar-refractivity contribution in [2.75, 3.05) is 25.5 Å². The van der Waals surface area contributed by atoms with E-state index in [1.165, 1.54) is 5.56 Å². The quantitative estimate of drug-likeness (QED) is 0.769. The molecule has 1 aromatic carbocycles. The lowest BCUT2D eigenvalue weighted by molar-refractivity contribution is -0.118. The standard InChI is InChI=1S/C22H29ClN4O2/c1-4-27-14-16(15(2)25-27)13-26-9-7-22(8-10-26)12-18(22)21(28)24-17-5-6-20(29-3)19(23)11-17/h5-6,11,14,18H,4,7-10,12-13H2,1-3H3,(H,24,28). The molecule has 156 valence electrons. The molecule has 4 rings (SSSR count). The van der Waals surface area contributed by atoms with E-state index in [0.29, 0.717) is 10.8 Å². The molecule has 1 unspecified atom stereocenters. The van der Waals surface area contributed by atoms with Gasteiger partial charge in [0, 0.05) is 36.5 Å². The summed E-state index contributed by atoms with van der Waals surface area (Å²) < 4.78 is 7.17. The van der Waals surface area contributed by atoms with Crippen LogP contribution in [0, 0.1) is 18.3 Å². The Morgan fingerprint density at radius 1 is 1.38 bits per heavy atom. The first kappa shape index (κ1) is 20.2. The van der Waals surface area contributed by atoms with Crippen molar-refractivity contribution in [3.8, 4) is 5.75 Å². The van der Waals surface area contributed by atoms with E-state index in [1.807, 2.05) is 10.7 Å². The monoisotopic (exact) mass is 416 g/mol. The van der Waals surface area contributed by atoms with Crippen molar-refractivity contribution in [3.63, 3.8) is 0 Å². The average Bonchev–Trinajstić information content (AvgIpc) is 3.30. The fraction of sp³-hybridized carbons (Fsp3) is 0.545. The van der Waals surface area contributed by atoms with Crippen LogP contribution in [0.3, 0.4) is 0 Å². The Bertz CT molecular complexity index is 902. The second-order valence-electron chi connectivity index (χ2n) is 8.33. The van der Waals surface area contributed by atoms with E-state index >= 15 is 0 Å². The fourth-order valence-electron chi connectivity index (χ4n) is 4.52. The van der Waals surface area contributed by atoms with Gasteiger partial charge in [-0.15, -0.1) is 0 Å². The van der Waals surface area contributed by atoms with Crippen LogP contribution in [-0.2, 0) is 17.9 Å². The number of hydrogen-bond acceptors (Lipinski definition) is 4. The van der Waals surface area contributed by atoms with Gasteiger partial charge in [0.2, 0.25) is 5.91 Å². The number of carbonyl (C=O) groups is 1. The molecule has 2 aliphatic rings. The summed E-state index contributed by atoms with van der Waals surface area (Å²) in [4.78, 5) is 15.2. The molecule has 1 atom stereocenters. The first-order valence-corrected chi connectivity index (χ1v) is 10.7. The maximum Gasteiger partial charge on any atom is 0.228 e. The van der Waals surface area contributed by atoms with Crippen molar-refractivity contribution in [1.29, 1.82) is 0 Å². The van der Waals surface area contributed by atoms with Gasteiger partial charge >= 0.3 is 0 Å². The van der Waals surface area contributed by atoms with Gasteiger partial charge in [-0.3, -0.25) is 14.4 Å². The zero-order valence-corrected chi connectivity index (χ0v) is 18.1. The highest BCUT2D eigenvalue weighted by Gasteiger charge is 2.58. The third-order valence-corrected chi connectivity index (χ3v) is 6.84. The highest BCUT2D eigenvalue weighted by atomic mass is 35.5. The first-order valence-electron chi connectivity index (χ1n) is 10.3. The van der Waals surface area contributed by atoms with Gasteiger partial charge in [-0.2, -0.15) is 5.10 Å². The van der Waals surface area contributed by atoms with Crippen molar-refractivity contribution in [2.45, 2.75) is 46.2 Å². The van der Waals surface area contributed by atoms with Crippen LogP contribution in [0.4, 0.5) is 5.69 Å². The fourth-order valence-corrected chi connectivity index (χ4v) is 4.78. The molecule has 1 saturated carbocycles. The van der Waals surface area contributed by atoms with E-state index in [0.717, 1.165) is 56.8 Å². The number of anilines is 1. The van der Waals surface area contributed by atoms with Gasteiger partial charge in [0.1, 0.15) is 5.75 Å². The SMILES string of the molecule is CCn1cc(CN2CCC3(CC2)CC3C(=O)Nc2ccc(OC)c(Cl)c2)c(C)n1. The molecule has 7 heteroatoms. The minimum atomic E-state index is 0.107. The number of carbonyl (C=O) groups excluding carboxylic acids is 1. The molecule has 0 radical (unpaired) electrons. The number of piperidine rings is 1. The van der Waals surface area contributed by atoms with Crippen LogP contribution < -0.4 is 10.1 Å². The van der Waals surface area contributed by atoms with Crippen molar-refractivity contribution < 1.29 is 9.53 Å². The van der Waals surface area contributed by atoms with Crippen LogP contribution in [0.25, 0.3) is 0 Å². The number of ether oxygens (including phenoxy) is 1. The lowest BCUT2D eigenvalue weighted by Crippen LogP contribution is -2.35. The van der Waals surface area contributed by atoms with Gasteiger partial charge in [0.25, 0.3) is 0 Å². The molecule has 1 aliphatic carbocycles. The number of likely N-dealkylation sites (tertiary alicyclic amines) is 1. The van der Waals surface area contributed by atoms with Crippen LogP contribution in [0.5, 0.6) is 5.75 Å². The first-order chi connectivity index (χ1) is 13.9. The molecule has 2 heterocycles. The summed E-state index contributed by atoms with van der Waals surface area (Å²) in [6, 6.07) is 5.36. The minimum Gasteiger partial charge on any atom is -0.495 e. The van der Waals surface area contributed by atoms with Crippen molar-refractivity contribution in [1.82, 2.24) is 14.7 Å². The van der Waals surface area contributed by atoms with Gasteiger partial charge in [-0.05, 0) is 69.8 Å². The number of aromatic nitrogens is 2. The Hall–Kier alpha value is -2.05. The lowest BCUT2D eigenvalue weighted by atomic mass is 9.90. The van der Waals surface area contributed by atoms with Crippen LogP contribution in [0.1, 0.15) is 37.4 Å².